The van der Waals surface area contributed by atoms with Gasteiger partial charge in [0.25, 0.3) is 5.91 Å². The van der Waals surface area contributed by atoms with Crippen LogP contribution < -0.4 is 11.1 Å². The normalized spacial score (nSPS) is 15.3. The molecule has 0 bridgehead atoms. The van der Waals surface area contributed by atoms with Crippen molar-refractivity contribution in [2.24, 2.45) is 0 Å². The molecule has 8 nitrogen and oxygen atoms in total. The average molecular weight is 267 g/mol. The minimum atomic E-state index is -0.481. The van der Waals surface area contributed by atoms with Crippen molar-refractivity contribution >= 4 is 17.6 Å². The molecule has 1 aliphatic heterocycles. The predicted octanol–water partition coefficient (Wildman–Crippen LogP) is -0.216. The molecule has 1 aromatic rings. The van der Waals surface area contributed by atoms with Gasteiger partial charge in [0.2, 0.25) is 17.4 Å². The number of carbonyl (C=O) groups excluding carboxylic acids is 2. The molecule has 1 saturated heterocycles. The van der Waals surface area contributed by atoms with Crippen LogP contribution in [0.15, 0.2) is 4.63 Å². The zero-order valence-corrected chi connectivity index (χ0v) is 10.6. The fraction of sp³-hybridized carbons (Fsp3) is 0.636. The third-order valence-electron chi connectivity index (χ3n) is 3.06. The lowest BCUT2D eigenvalue weighted by Crippen LogP contribution is -2.37. The summed E-state index contributed by atoms with van der Waals surface area (Å²) in [5, 5.41) is 9.26. The van der Waals surface area contributed by atoms with Crippen LogP contribution in [-0.4, -0.2) is 46.7 Å². The van der Waals surface area contributed by atoms with E-state index in [0.717, 1.165) is 25.9 Å². The summed E-state index contributed by atoms with van der Waals surface area (Å²) >= 11 is 0. The number of rotatable bonds is 4. The van der Waals surface area contributed by atoms with Crippen LogP contribution in [0.25, 0.3) is 0 Å². The molecule has 1 aromatic heterocycles. The van der Waals surface area contributed by atoms with Gasteiger partial charge in [0.15, 0.2) is 0 Å². The fourth-order valence-electron chi connectivity index (χ4n) is 2.02. The Morgan fingerprint density at radius 1 is 1.26 bits per heavy atom. The Morgan fingerprint density at radius 3 is 2.63 bits per heavy atom. The van der Waals surface area contributed by atoms with Crippen LogP contribution >= 0.6 is 0 Å². The molecule has 0 radical (unpaired) electrons. The van der Waals surface area contributed by atoms with Gasteiger partial charge in [-0.1, -0.05) is 0 Å². The molecule has 0 aromatic carbocycles. The van der Waals surface area contributed by atoms with Crippen molar-refractivity contribution in [2.75, 3.05) is 25.4 Å². The third-order valence-corrected chi connectivity index (χ3v) is 3.06. The van der Waals surface area contributed by atoms with Gasteiger partial charge in [0, 0.05) is 26.1 Å². The van der Waals surface area contributed by atoms with Gasteiger partial charge in [-0.05, 0) is 29.6 Å². The quantitative estimate of drug-likeness (QED) is 0.779. The molecule has 1 fully saturated rings. The monoisotopic (exact) mass is 267 g/mol. The van der Waals surface area contributed by atoms with Crippen molar-refractivity contribution in [3.63, 3.8) is 0 Å². The van der Waals surface area contributed by atoms with Gasteiger partial charge in [-0.25, -0.2) is 4.63 Å². The number of hydrogen-bond acceptors (Lipinski definition) is 6. The Labute approximate surface area is 110 Å². The number of carbonyl (C=O) groups is 2. The number of likely N-dealkylation sites (tertiary alicyclic amines) is 1. The highest BCUT2D eigenvalue weighted by Crippen LogP contribution is 2.09. The molecule has 0 saturated carbocycles. The summed E-state index contributed by atoms with van der Waals surface area (Å²) < 4.78 is 4.33. The number of nitrogens with two attached hydrogens (primary N) is 1. The minimum Gasteiger partial charge on any atom is -0.379 e. The highest BCUT2D eigenvalue weighted by Gasteiger charge is 2.18. The summed E-state index contributed by atoms with van der Waals surface area (Å²) in [6.07, 6.45) is 3.56. The van der Waals surface area contributed by atoms with Gasteiger partial charge in [0.05, 0.1) is 0 Å². The van der Waals surface area contributed by atoms with E-state index in [4.69, 9.17) is 5.73 Å². The van der Waals surface area contributed by atoms with Crippen LogP contribution in [0, 0.1) is 0 Å². The van der Waals surface area contributed by atoms with Gasteiger partial charge in [0.1, 0.15) is 0 Å². The van der Waals surface area contributed by atoms with Crippen molar-refractivity contribution < 1.29 is 14.2 Å². The van der Waals surface area contributed by atoms with Crippen LogP contribution in [0.2, 0.25) is 0 Å². The molecule has 1 aliphatic rings. The van der Waals surface area contributed by atoms with E-state index in [-0.39, 0.29) is 30.4 Å². The van der Waals surface area contributed by atoms with E-state index in [0.29, 0.717) is 0 Å². The van der Waals surface area contributed by atoms with E-state index in [9.17, 15) is 9.59 Å². The predicted molar refractivity (Wildman–Crippen MR) is 66.1 cm³/mol. The molecule has 3 N–H and O–H groups in total. The zero-order valence-electron chi connectivity index (χ0n) is 10.6. The Hall–Kier alpha value is -2.12. The molecule has 0 atom stereocenters. The first-order chi connectivity index (χ1) is 9.18. The van der Waals surface area contributed by atoms with Gasteiger partial charge >= 0.3 is 0 Å². The summed E-state index contributed by atoms with van der Waals surface area (Å²) in [4.78, 5) is 25.3. The summed E-state index contributed by atoms with van der Waals surface area (Å²) in [7, 11) is 0. The van der Waals surface area contributed by atoms with E-state index in [1.54, 1.807) is 0 Å². The fourth-order valence-corrected chi connectivity index (χ4v) is 2.02. The molecule has 2 heterocycles. The highest BCUT2D eigenvalue weighted by molar-refractivity contribution is 5.96. The van der Waals surface area contributed by atoms with Crippen LogP contribution in [0.5, 0.6) is 0 Å². The number of nitrogens with zero attached hydrogens (tertiary/aromatic N) is 3. The topological polar surface area (TPSA) is 114 Å². The first-order valence-corrected chi connectivity index (χ1v) is 6.32. The highest BCUT2D eigenvalue weighted by atomic mass is 16.6. The first kappa shape index (κ1) is 13.3. The molecule has 2 amide bonds. The average Bonchev–Trinajstić information content (AvgIpc) is 2.86. The number of nitrogen functional groups attached to an aromatic ring is 1. The van der Waals surface area contributed by atoms with Crippen LogP contribution in [0.3, 0.4) is 0 Å². The first-order valence-electron chi connectivity index (χ1n) is 6.32. The second-order valence-corrected chi connectivity index (χ2v) is 4.45. The second-order valence-electron chi connectivity index (χ2n) is 4.45. The Morgan fingerprint density at radius 2 is 2.00 bits per heavy atom. The maximum absolute atomic E-state index is 11.8. The molecule has 8 heteroatoms. The number of anilines is 1. The van der Waals surface area contributed by atoms with Crippen molar-refractivity contribution in [3.8, 4) is 0 Å². The summed E-state index contributed by atoms with van der Waals surface area (Å²) in [5.74, 6) is -0.476. The molecule has 19 heavy (non-hydrogen) atoms. The third kappa shape index (κ3) is 3.43. The number of nitrogens with one attached hydrogen (secondary N) is 1. The van der Waals surface area contributed by atoms with Crippen LogP contribution in [-0.2, 0) is 4.79 Å². The van der Waals surface area contributed by atoms with Gasteiger partial charge in [-0.15, -0.1) is 0 Å². The van der Waals surface area contributed by atoms with Crippen molar-refractivity contribution in [3.05, 3.63) is 5.69 Å². The standard InChI is InChI=1S/C11H17N5O3/c12-10-9(14-19-15-10)11(18)13-5-4-8(17)16-6-2-1-3-7-16/h1-7H2,(H2,12,15)(H,13,18). The minimum absolute atomic E-state index is 0.0505. The summed E-state index contributed by atoms with van der Waals surface area (Å²) in [6.45, 7) is 1.88. The van der Waals surface area contributed by atoms with Crippen molar-refractivity contribution in [1.29, 1.82) is 0 Å². The van der Waals surface area contributed by atoms with Crippen LogP contribution in [0.1, 0.15) is 36.2 Å². The van der Waals surface area contributed by atoms with Crippen molar-refractivity contribution in [2.45, 2.75) is 25.7 Å². The van der Waals surface area contributed by atoms with Crippen LogP contribution in [0.4, 0.5) is 5.82 Å². The van der Waals surface area contributed by atoms with E-state index in [1.165, 1.54) is 6.42 Å². The number of hydrogen-bond donors (Lipinski definition) is 2. The Bertz CT molecular complexity index is 453. The molecule has 104 valence electrons. The van der Waals surface area contributed by atoms with E-state index < -0.39 is 5.91 Å². The van der Waals surface area contributed by atoms with Gasteiger partial charge in [-0.3, -0.25) is 9.59 Å². The molecular formula is C11H17N5O3. The second kappa shape index (κ2) is 6.17. The number of aromatic nitrogens is 2. The Kier molecular flexibility index (Phi) is 4.32. The number of amides is 2. The van der Waals surface area contributed by atoms with Crippen molar-refractivity contribution in [1.82, 2.24) is 20.5 Å². The molecule has 0 unspecified atom stereocenters. The summed E-state index contributed by atoms with van der Waals surface area (Å²) in [5.41, 5.74) is 5.34. The molecular weight excluding hydrogens is 250 g/mol. The molecule has 0 aliphatic carbocycles. The lowest BCUT2D eigenvalue weighted by molar-refractivity contribution is -0.131. The maximum Gasteiger partial charge on any atom is 0.277 e. The molecule has 0 spiro atoms. The number of piperidine rings is 1. The lowest BCUT2D eigenvalue weighted by Gasteiger charge is -2.26. The molecule has 2 rings (SSSR count). The SMILES string of the molecule is Nc1nonc1C(=O)NCCC(=O)N1CCCCC1. The zero-order chi connectivity index (χ0) is 13.7. The van der Waals surface area contributed by atoms with E-state index in [1.807, 2.05) is 4.90 Å². The Balaban J connectivity index is 1.73. The van der Waals surface area contributed by atoms with Gasteiger partial charge in [-0.2, -0.15) is 0 Å². The summed E-state index contributed by atoms with van der Waals surface area (Å²) in [6, 6.07) is 0. The van der Waals surface area contributed by atoms with E-state index >= 15 is 0 Å². The smallest absolute Gasteiger partial charge is 0.277 e. The maximum atomic E-state index is 11.8. The van der Waals surface area contributed by atoms with Gasteiger partial charge < -0.3 is 16.0 Å². The lowest BCUT2D eigenvalue weighted by atomic mass is 10.1. The largest absolute Gasteiger partial charge is 0.379 e. The van der Waals surface area contributed by atoms with E-state index in [2.05, 4.69) is 20.3 Å².